The number of rotatable bonds is 7. The van der Waals surface area contributed by atoms with E-state index < -0.39 is 18.5 Å². The van der Waals surface area contributed by atoms with Crippen molar-refractivity contribution in [1.29, 1.82) is 0 Å². The number of amides is 2. The highest BCUT2D eigenvalue weighted by atomic mass is 32.1. The van der Waals surface area contributed by atoms with E-state index in [4.69, 9.17) is 4.74 Å². The Labute approximate surface area is 159 Å². The summed E-state index contributed by atoms with van der Waals surface area (Å²) in [5, 5.41) is 7.09. The molecule has 1 fully saturated rings. The lowest BCUT2D eigenvalue weighted by Crippen LogP contribution is -2.28. The largest absolute Gasteiger partial charge is 0.454 e. The van der Waals surface area contributed by atoms with E-state index >= 15 is 0 Å². The smallest absolute Gasteiger partial charge is 0.326 e. The van der Waals surface area contributed by atoms with E-state index in [9.17, 15) is 19.2 Å². The van der Waals surface area contributed by atoms with E-state index in [1.54, 1.807) is 36.6 Å². The van der Waals surface area contributed by atoms with Crippen molar-refractivity contribution in [3.63, 3.8) is 0 Å². The van der Waals surface area contributed by atoms with Crippen molar-refractivity contribution in [2.45, 2.75) is 32.4 Å². The number of carbonyl (C=O) groups excluding carboxylic acids is 3. The lowest BCUT2D eigenvalue weighted by Gasteiger charge is -2.11. The molecule has 2 amide bonds. The second-order valence-electron chi connectivity index (χ2n) is 6.23. The molecule has 0 unspecified atom stereocenters. The normalized spacial score (nSPS) is 13.1. The van der Waals surface area contributed by atoms with Crippen LogP contribution < -0.4 is 15.5 Å². The molecule has 8 nitrogen and oxygen atoms in total. The van der Waals surface area contributed by atoms with Crippen molar-refractivity contribution < 1.29 is 19.1 Å². The molecule has 1 aliphatic rings. The van der Waals surface area contributed by atoms with Gasteiger partial charge in [0.25, 0.3) is 11.8 Å². The van der Waals surface area contributed by atoms with E-state index in [1.165, 1.54) is 4.57 Å². The Balaban J connectivity index is 1.54. The Morgan fingerprint density at radius 3 is 2.67 bits per heavy atom. The summed E-state index contributed by atoms with van der Waals surface area (Å²) < 4.78 is 6.21. The summed E-state index contributed by atoms with van der Waals surface area (Å²) in [5.74, 6) is -1.50. The summed E-state index contributed by atoms with van der Waals surface area (Å²) in [4.78, 5) is 47.5. The monoisotopic (exact) mass is 389 g/mol. The number of carbonyl (C=O) groups is 3. The fourth-order valence-corrected chi connectivity index (χ4v) is 3.12. The number of nitrogens with one attached hydrogen (secondary N) is 2. The van der Waals surface area contributed by atoms with Crippen molar-refractivity contribution in [1.82, 2.24) is 9.88 Å². The molecular formula is C18H19N3O5S. The molecule has 0 atom stereocenters. The summed E-state index contributed by atoms with van der Waals surface area (Å²) in [6.07, 6.45) is 1.92. The Morgan fingerprint density at radius 1 is 1.26 bits per heavy atom. The van der Waals surface area contributed by atoms with Gasteiger partial charge in [0.2, 0.25) is 0 Å². The Kier molecular flexibility index (Phi) is 5.70. The summed E-state index contributed by atoms with van der Waals surface area (Å²) in [5.41, 5.74) is 1.35. The molecule has 0 spiro atoms. The Bertz CT molecular complexity index is 929. The van der Waals surface area contributed by atoms with E-state index in [2.05, 4.69) is 10.6 Å². The van der Waals surface area contributed by atoms with Gasteiger partial charge in [-0.2, -0.15) is 0 Å². The van der Waals surface area contributed by atoms with Gasteiger partial charge in [-0.15, -0.1) is 0 Å². The van der Waals surface area contributed by atoms with Crippen LogP contribution in [0.25, 0.3) is 0 Å². The van der Waals surface area contributed by atoms with Gasteiger partial charge < -0.3 is 15.4 Å². The highest BCUT2D eigenvalue weighted by Crippen LogP contribution is 2.21. The molecule has 142 valence electrons. The number of hydrogen-bond donors (Lipinski definition) is 2. The van der Waals surface area contributed by atoms with Crippen molar-refractivity contribution >= 4 is 34.8 Å². The number of thiazole rings is 1. The van der Waals surface area contributed by atoms with E-state index in [-0.39, 0.29) is 23.4 Å². The molecule has 1 saturated carbocycles. The Hall–Kier alpha value is -2.94. The fraction of sp³-hybridized carbons (Fsp3) is 0.333. The van der Waals surface area contributed by atoms with Crippen LogP contribution in [0.3, 0.4) is 0 Å². The summed E-state index contributed by atoms with van der Waals surface area (Å²) >= 11 is 0.994. The zero-order chi connectivity index (χ0) is 19.4. The van der Waals surface area contributed by atoms with Gasteiger partial charge in [0.05, 0.1) is 11.3 Å². The second kappa shape index (κ2) is 8.17. The number of hydrogen-bond acceptors (Lipinski definition) is 6. The van der Waals surface area contributed by atoms with Crippen LogP contribution in [-0.2, 0) is 20.9 Å². The van der Waals surface area contributed by atoms with Gasteiger partial charge in [0.15, 0.2) is 6.61 Å². The number of nitrogens with zero attached hydrogens (tertiary/aromatic N) is 1. The summed E-state index contributed by atoms with van der Waals surface area (Å²) in [6.45, 7) is 0.957. The molecular weight excluding hydrogens is 370 g/mol. The van der Waals surface area contributed by atoms with Gasteiger partial charge >= 0.3 is 10.8 Å². The molecule has 0 aliphatic heterocycles. The SMILES string of the molecule is Cc1csc(=O)n1CC(=O)OCC(=O)Nc1ccccc1C(=O)NC1CC1. The molecule has 0 saturated heterocycles. The van der Waals surface area contributed by atoms with Crippen LogP contribution in [0, 0.1) is 6.92 Å². The zero-order valence-electron chi connectivity index (χ0n) is 14.7. The minimum Gasteiger partial charge on any atom is -0.454 e. The zero-order valence-corrected chi connectivity index (χ0v) is 15.5. The number of aromatic nitrogens is 1. The van der Waals surface area contributed by atoms with Crippen LogP contribution in [0.15, 0.2) is 34.4 Å². The Morgan fingerprint density at radius 2 is 2.00 bits per heavy atom. The highest BCUT2D eigenvalue weighted by Gasteiger charge is 2.25. The van der Waals surface area contributed by atoms with Gasteiger partial charge in [-0.25, -0.2) is 0 Å². The van der Waals surface area contributed by atoms with Crippen molar-refractivity contribution in [2.75, 3.05) is 11.9 Å². The molecule has 1 aromatic carbocycles. The van der Waals surface area contributed by atoms with Crippen LogP contribution in [0.5, 0.6) is 0 Å². The third-order valence-electron chi connectivity index (χ3n) is 3.99. The second-order valence-corrected chi connectivity index (χ2v) is 7.05. The van der Waals surface area contributed by atoms with Crippen LogP contribution in [0.2, 0.25) is 0 Å². The van der Waals surface area contributed by atoms with Gasteiger partial charge in [-0.3, -0.25) is 23.7 Å². The minimum atomic E-state index is -0.687. The molecule has 1 aliphatic carbocycles. The average molecular weight is 389 g/mol. The lowest BCUT2D eigenvalue weighted by atomic mass is 10.1. The molecule has 2 aromatic rings. The first-order valence-electron chi connectivity index (χ1n) is 8.44. The van der Waals surface area contributed by atoms with Crippen molar-refractivity contribution in [3.8, 4) is 0 Å². The quantitative estimate of drug-likeness (QED) is 0.694. The number of esters is 1. The lowest BCUT2D eigenvalue weighted by molar-refractivity contribution is -0.147. The highest BCUT2D eigenvalue weighted by molar-refractivity contribution is 7.07. The maximum Gasteiger partial charge on any atom is 0.326 e. The molecule has 3 rings (SSSR count). The first-order valence-corrected chi connectivity index (χ1v) is 9.32. The minimum absolute atomic E-state index is 0.200. The predicted molar refractivity (Wildman–Crippen MR) is 99.8 cm³/mol. The van der Waals surface area contributed by atoms with Gasteiger partial charge in [0, 0.05) is 17.1 Å². The van der Waals surface area contributed by atoms with Gasteiger partial charge in [0.1, 0.15) is 6.54 Å². The van der Waals surface area contributed by atoms with Crippen molar-refractivity contribution in [2.24, 2.45) is 0 Å². The summed E-state index contributed by atoms with van der Waals surface area (Å²) in [6, 6.07) is 6.83. The predicted octanol–water partition coefficient (Wildman–Crippen LogP) is 1.29. The molecule has 1 heterocycles. The van der Waals surface area contributed by atoms with Gasteiger partial charge in [-0.1, -0.05) is 23.5 Å². The van der Waals surface area contributed by atoms with E-state index in [1.807, 2.05) is 0 Å². The summed E-state index contributed by atoms with van der Waals surface area (Å²) in [7, 11) is 0. The van der Waals surface area contributed by atoms with Gasteiger partial charge in [-0.05, 0) is 31.9 Å². The maximum absolute atomic E-state index is 12.2. The molecule has 1 aromatic heterocycles. The third-order valence-corrected chi connectivity index (χ3v) is 4.87. The number of para-hydroxylation sites is 1. The standard InChI is InChI=1S/C18H19N3O5S/c1-11-10-27-18(25)21(11)8-16(23)26-9-15(22)20-14-5-3-2-4-13(14)17(24)19-12-6-7-12/h2-5,10,12H,6-9H2,1H3,(H,19,24)(H,20,22). The van der Waals surface area contributed by atoms with Crippen LogP contribution >= 0.6 is 11.3 Å². The molecule has 27 heavy (non-hydrogen) atoms. The average Bonchev–Trinajstić information content (AvgIpc) is 3.41. The third kappa shape index (κ3) is 5.04. The molecule has 2 N–H and O–H groups in total. The number of benzene rings is 1. The van der Waals surface area contributed by atoms with Crippen molar-refractivity contribution in [3.05, 3.63) is 50.6 Å². The fourth-order valence-electron chi connectivity index (χ4n) is 2.38. The van der Waals surface area contributed by atoms with Crippen LogP contribution in [0.1, 0.15) is 28.9 Å². The van der Waals surface area contributed by atoms with Crippen LogP contribution in [-0.4, -0.2) is 35.0 Å². The van der Waals surface area contributed by atoms with Crippen LogP contribution in [0.4, 0.5) is 5.69 Å². The first-order chi connectivity index (χ1) is 12.9. The first kappa shape index (κ1) is 18.8. The molecule has 9 heteroatoms. The van der Waals surface area contributed by atoms with E-state index in [0.29, 0.717) is 16.9 Å². The maximum atomic E-state index is 12.2. The molecule has 0 bridgehead atoms. The molecule has 0 radical (unpaired) electrons. The number of anilines is 1. The number of aryl methyl sites for hydroxylation is 1. The van der Waals surface area contributed by atoms with E-state index in [0.717, 1.165) is 24.2 Å². The topological polar surface area (TPSA) is 106 Å². The number of ether oxygens (including phenoxy) is 1.